The van der Waals surface area contributed by atoms with Gasteiger partial charge in [-0.3, -0.25) is 9.59 Å². The number of aryl methyl sites for hydroxylation is 1. The van der Waals surface area contributed by atoms with Crippen molar-refractivity contribution in [2.24, 2.45) is 0 Å². The first kappa shape index (κ1) is 17.1. The number of rotatable bonds is 5. The van der Waals surface area contributed by atoms with Gasteiger partial charge in [0.05, 0.1) is 5.92 Å². The van der Waals surface area contributed by atoms with E-state index in [0.717, 1.165) is 21.0 Å². The van der Waals surface area contributed by atoms with E-state index < -0.39 is 5.97 Å². The maximum atomic E-state index is 12.2. The Labute approximate surface area is 149 Å². The van der Waals surface area contributed by atoms with Crippen molar-refractivity contribution < 1.29 is 19.1 Å². The Bertz CT molecular complexity index is 881. The third-order valence-corrected chi connectivity index (χ3v) is 4.95. The Morgan fingerprint density at radius 3 is 2.80 bits per heavy atom. The van der Waals surface area contributed by atoms with Gasteiger partial charge in [0.1, 0.15) is 0 Å². The zero-order valence-corrected chi connectivity index (χ0v) is 14.7. The van der Waals surface area contributed by atoms with Gasteiger partial charge in [0.15, 0.2) is 12.4 Å². The van der Waals surface area contributed by atoms with Crippen LogP contribution in [0.2, 0.25) is 0 Å². The van der Waals surface area contributed by atoms with Gasteiger partial charge in [-0.25, -0.2) is 4.79 Å². The Kier molecular flexibility index (Phi) is 4.81. The van der Waals surface area contributed by atoms with Crippen molar-refractivity contribution in [3.63, 3.8) is 0 Å². The van der Waals surface area contributed by atoms with E-state index >= 15 is 0 Å². The van der Waals surface area contributed by atoms with Crippen LogP contribution in [0.4, 0.5) is 5.69 Å². The van der Waals surface area contributed by atoms with E-state index in [1.54, 1.807) is 42.5 Å². The second-order valence-corrected chi connectivity index (χ2v) is 7.15. The summed E-state index contributed by atoms with van der Waals surface area (Å²) in [6, 6.07) is 8.88. The number of amides is 1. The molecule has 1 aliphatic heterocycles. The van der Waals surface area contributed by atoms with Crippen LogP contribution in [0.3, 0.4) is 0 Å². The highest BCUT2D eigenvalue weighted by Crippen LogP contribution is 2.32. The molecule has 1 aromatic carbocycles. The molecule has 6 heteroatoms. The molecule has 1 amide bonds. The monoisotopic (exact) mass is 355 g/mol. The van der Waals surface area contributed by atoms with Gasteiger partial charge in [0.25, 0.3) is 0 Å². The van der Waals surface area contributed by atoms with Gasteiger partial charge >= 0.3 is 5.97 Å². The van der Waals surface area contributed by atoms with Crippen molar-refractivity contribution >= 4 is 40.8 Å². The van der Waals surface area contributed by atoms with Crippen LogP contribution in [-0.2, 0) is 14.3 Å². The zero-order chi connectivity index (χ0) is 18.0. The van der Waals surface area contributed by atoms with E-state index in [-0.39, 0.29) is 24.2 Å². The fourth-order valence-electron chi connectivity index (χ4n) is 2.55. The lowest BCUT2D eigenvalue weighted by Crippen LogP contribution is -2.12. The minimum Gasteiger partial charge on any atom is -0.454 e. The second-order valence-electron chi connectivity index (χ2n) is 5.83. The molecule has 3 rings (SSSR count). The van der Waals surface area contributed by atoms with Crippen molar-refractivity contribution in [3.8, 4) is 0 Å². The molecule has 5 nitrogen and oxygen atoms in total. The van der Waals surface area contributed by atoms with Gasteiger partial charge < -0.3 is 10.1 Å². The summed E-state index contributed by atoms with van der Waals surface area (Å²) in [6.45, 7) is 3.44. The lowest BCUT2D eigenvalue weighted by Gasteiger charge is -2.05. The Balaban J connectivity index is 1.59. The number of ketones is 1. The number of Topliss-reactive ketones (excluding diaryl/α,β-unsaturated/α-hetero) is 1. The van der Waals surface area contributed by atoms with E-state index in [9.17, 15) is 14.4 Å². The summed E-state index contributed by atoms with van der Waals surface area (Å²) in [4.78, 5) is 37.7. The molecule has 128 valence electrons. The number of ether oxygens (including phenoxy) is 1. The number of nitrogens with one attached hydrogen (secondary N) is 1. The zero-order valence-electron chi connectivity index (χ0n) is 13.9. The summed E-state index contributed by atoms with van der Waals surface area (Å²) in [6.07, 6.45) is 2.98. The van der Waals surface area contributed by atoms with Gasteiger partial charge in [-0.2, -0.15) is 0 Å². The smallest absolute Gasteiger partial charge is 0.331 e. The molecule has 0 aliphatic carbocycles. The molecule has 1 aromatic heterocycles. The summed E-state index contributed by atoms with van der Waals surface area (Å²) in [5.41, 5.74) is 1.93. The largest absolute Gasteiger partial charge is 0.454 e. The number of anilines is 1. The molecule has 0 spiro atoms. The predicted molar refractivity (Wildman–Crippen MR) is 96.9 cm³/mol. The third-order valence-electron chi connectivity index (χ3n) is 3.98. The van der Waals surface area contributed by atoms with Crippen molar-refractivity contribution in [3.05, 3.63) is 57.3 Å². The summed E-state index contributed by atoms with van der Waals surface area (Å²) in [5, 5.41) is 2.75. The summed E-state index contributed by atoms with van der Waals surface area (Å²) < 4.78 is 5.00. The Morgan fingerprint density at radius 1 is 1.28 bits per heavy atom. The molecule has 0 saturated heterocycles. The molecule has 0 bridgehead atoms. The highest BCUT2D eigenvalue weighted by Gasteiger charge is 2.27. The molecule has 0 unspecified atom stereocenters. The topological polar surface area (TPSA) is 72.5 Å². The van der Waals surface area contributed by atoms with Crippen LogP contribution in [0, 0.1) is 6.92 Å². The van der Waals surface area contributed by atoms with Crippen molar-refractivity contribution in [1.29, 1.82) is 0 Å². The number of carbonyl (C=O) groups is 3. The second kappa shape index (κ2) is 7.03. The molecule has 25 heavy (non-hydrogen) atoms. The van der Waals surface area contributed by atoms with Gasteiger partial charge in [0.2, 0.25) is 5.91 Å². The first-order valence-electron chi connectivity index (χ1n) is 7.83. The molecular formula is C19H17NO4S. The number of esters is 1. The Hall–Kier alpha value is -2.73. The normalized spacial score (nSPS) is 15.9. The van der Waals surface area contributed by atoms with Gasteiger partial charge in [-0.15, -0.1) is 11.3 Å². The van der Waals surface area contributed by atoms with Crippen LogP contribution < -0.4 is 5.32 Å². The lowest BCUT2D eigenvalue weighted by molar-refractivity contribution is -0.136. The summed E-state index contributed by atoms with van der Waals surface area (Å²) >= 11 is 1.57. The number of carbonyl (C=O) groups excluding carboxylic acids is 3. The number of fused-ring (bicyclic) bond motifs is 1. The van der Waals surface area contributed by atoms with Crippen LogP contribution in [0.15, 0.2) is 36.4 Å². The molecule has 0 radical (unpaired) electrons. The number of thiophene rings is 1. The van der Waals surface area contributed by atoms with Crippen molar-refractivity contribution in [2.45, 2.75) is 19.8 Å². The van der Waals surface area contributed by atoms with Gasteiger partial charge in [-0.1, -0.05) is 0 Å². The molecule has 2 aromatic rings. The minimum atomic E-state index is -0.564. The standard InChI is InChI=1S/C19H17NO4S/c1-11-3-5-14(25-11)6-8-18(22)24-10-17(21)13-4-7-16-15(9-13)12(2)19(23)20-16/h3-9,12H,10H2,1-2H3,(H,20,23)/b8-6+/t12-/m0/s1. The highest BCUT2D eigenvalue weighted by molar-refractivity contribution is 7.12. The molecule has 0 fully saturated rings. The average Bonchev–Trinajstić information content (AvgIpc) is 3.14. The molecule has 2 heterocycles. The minimum absolute atomic E-state index is 0.0834. The van der Waals surface area contributed by atoms with Crippen LogP contribution in [0.5, 0.6) is 0 Å². The molecule has 0 saturated carbocycles. The van der Waals surface area contributed by atoms with Crippen molar-refractivity contribution in [1.82, 2.24) is 0 Å². The first-order valence-corrected chi connectivity index (χ1v) is 8.65. The highest BCUT2D eigenvalue weighted by atomic mass is 32.1. The predicted octanol–water partition coefficient (Wildman–Crippen LogP) is 3.55. The number of hydrogen-bond acceptors (Lipinski definition) is 5. The van der Waals surface area contributed by atoms with Gasteiger partial charge in [0, 0.05) is 27.1 Å². The SMILES string of the molecule is Cc1ccc(/C=C/C(=O)OCC(=O)c2ccc3c(c2)[C@H](C)C(=O)N3)s1. The molecular weight excluding hydrogens is 338 g/mol. The molecule has 1 N–H and O–H groups in total. The van der Waals surface area contributed by atoms with E-state index in [1.165, 1.54) is 6.08 Å². The van der Waals surface area contributed by atoms with Crippen molar-refractivity contribution in [2.75, 3.05) is 11.9 Å². The van der Waals surface area contributed by atoms with Crippen LogP contribution in [0.1, 0.15) is 38.5 Å². The van der Waals surface area contributed by atoms with Crippen LogP contribution in [-0.4, -0.2) is 24.3 Å². The lowest BCUT2D eigenvalue weighted by atomic mass is 9.99. The van der Waals surface area contributed by atoms with Gasteiger partial charge in [-0.05, 0) is 55.8 Å². The quantitative estimate of drug-likeness (QED) is 0.506. The Morgan fingerprint density at radius 2 is 2.08 bits per heavy atom. The van der Waals surface area contributed by atoms with Crippen LogP contribution >= 0.6 is 11.3 Å². The molecule has 1 atom stereocenters. The average molecular weight is 355 g/mol. The maximum absolute atomic E-state index is 12.2. The first-order chi connectivity index (χ1) is 11.9. The summed E-state index contributed by atoms with van der Waals surface area (Å²) in [7, 11) is 0. The third kappa shape index (κ3) is 3.85. The van der Waals surface area contributed by atoms with Crippen LogP contribution in [0.25, 0.3) is 6.08 Å². The van der Waals surface area contributed by atoms with E-state index in [2.05, 4.69) is 5.32 Å². The number of hydrogen-bond donors (Lipinski definition) is 1. The number of benzene rings is 1. The molecule has 1 aliphatic rings. The van der Waals surface area contributed by atoms with E-state index in [1.807, 2.05) is 19.1 Å². The summed E-state index contributed by atoms with van der Waals surface area (Å²) in [5.74, 6) is -1.24. The maximum Gasteiger partial charge on any atom is 0.331 e. The van der Waals surface area contributed by atoms with E-state index in [4.69, 9.17) is 4.74 Å². The van der Waals surface area contributed by atoms with E-state index in [0.29, 0.717) is 5.56 Å². The fourth-order valence-corrected chi connectivity index (χ4v) is 3.33. The fraction of sp³-hybridized carbons (Fsp3) is 0.211.